The van der Waals surface area contributed by atoms with Crippen LogP contribution in [0.2, 0.25) is 0 Å². The molecular formula is C29H27N3O8S2. The molecule has 4 heterocycles. The molecular weight excluding hydrogens is 582 g/mol. The molecule has 1 aliphatic heterocycles. The lowest BCUT2D eigenvalue weighted by molar-refractivity contribution is -0.384. The Morgan fingerprint density at radius 3 is 2.62 bits per heavy atom. The molecule has 0 aliphatic carbocycles. The molecule has 1 aliphatic rings. The number of thiazole rings is 1. The van der Waals surface area contributed by atoms with E-state index in [4.69, 9.17) is 19.1 Å². The Hall–Kier alpha value is -4.62. The number of nitro benzene ring substituents is 1. The van der Waals surface area contributed by atoms with E-state index in [9.17, 15) is 19.7 Å². The number of allylic oxidation sites excluding steroid dienone is 1. The molecule has 0 saturated carbocycles. The van der Waals surface area contributed by atoms with Crippen molar-refractivity contribution in [1.82, 2.24) is 4.57 Å². The quantitative estimate of drug-likeness (QED) is 0.179. The zero-order valence-electron chi connectivity index (χ0n) is 23.1. The average molecular weight is 610 g/mol. The third kappa shape index (κ3) is 6.81. The minimum absolute atomic E-state index is 0.0413. The van der Waals surface area contributed by atoms with Gasteiger partial charge in [-0.25, -0.2) is 9.79 Å². The van der Waals surface area contributed by atoms with Crippen LogP contribution in [0.4, 0.5) is 5.69 Å². The van der Waals surface area contributed by atoms with Gasteiger partial charge in [-0.3, -0.25) is 24.3 Å². The number of aromatic nitrogens is 1. The number of esters is 1. The molecule has 218 valence electrons. The number of hydrogen-bond donors (Lipinski definition) is 1. The third-order valence-corrected chi connectivity index (χ3v) is 7.75. The number of fused-ring (bicyclic) bond motifs is 1. The molecule has 0 spiro atoms. The Morgan fingerprint density at radius 2 is 1.98 bits per heavy atom. The van der Waals surface area contributed by atoms with Gasteiger partial charge in [-0.1, -0.05) is 43.4 Å². The number of furan rings is 1. The van der Waals surface area contributed by atoms with E-state index >= 15 is 0 Å². The highest BCUT2D eigenvalue weighted by atomic mass is 32.1. The number of aliphatic carboxylic acids is 1. The highest BCUT2D eigenvalue weighted by Crippen LogP contribution is 2.33. The molecule has 1 atom stereocenters. The maximum Gasteiger partial charge on any atom is 0.338 e. The predicted octanol–water partition coefficient (Wildman–Crippen LogP) is 4.76. The zero-order chi connectivity index (χ0) is 30.6. The first-order valence-electron chi connectivity index (χ1n) is 12.7. The van der Waals surface area contributed by atoms with Crippen molar-refractivity contribution >= 4 is 46.4 Å². The van der Waals surface area contributed by atoms with Crippen molar-refractivity contribution in [2.75, 3.05) is 6.61 Å². The number of non-ortho nitro benzene ring substituents is 1. The Kier molecular flexibility index (Phi) is 9.33. The van der Waals surface area contributed by atoms with E-state index in [-0.39, 0.29) is 23.8 Å². The highest BCUT2D eigenvalue weighted by molar-refractivity contribution is 7.10. The van der Waals surface area contributed by atoms with Crippen LogP contribution in [-0.2, 0) is 14.3 Å². The van der Waals surface area contributed by atoms with Gasteiger partial charge in [-0.15, -0.1) is 11.3 Å². The van der Waals surface area contributed by atoms with Gasteiger partial charge in [-0.05, 0) is 36.4 Å². The standard InChI is InChI=1S/C27H23N3O6S2.C2H4O2/c1-15(2)14-35-26(32)23-16(3)28-27-29(24(23)21-8-5-11-37-21)25(31)22(38-27)13-19-9-10-20(36-19)17-6-4-7-18(12-17)30(33)34;1-2(3)4/h4-13,15,24H,14H2,1-3H3;1H3,(H,3,4). The lowest BCUT2D eigenvalue weighted by Crippen LogP contribution is -2.39. The van der Waals surface area contributed by atoms with Gasteiger partial charge >= 0.3 is 5.97 Å². The third-order valence-electron chi connectivity index (χ3n) is 5.84. The van der Waals surface area contributed by atoms with E-state index < -0.39 is 22.9 Å². The van der Waals surface area contributed by atoms with Gasteiger partial charge in [0.1, 0.15) is 17.6 Å². The topological polar surface area (TPSA) is 154 Å². The molecule has 42 heavy (non-hydrogen) atoms. The second-order valence-electron chi connectivity index (χ2n) is 9.62. The number of benzene rings is 1. The van der Waals surface area contributed by atoms with E-state index in [0.29, 0.717) is 37.7 Å². The Bertz CT molecular complexity index is 1840. The fourth-order valence-corrected chi connectivity index (χ4v) is 5.96. The number of nitrogens with zero attached hydrogens (tertiary/aromatic N) is 3. The Morgan fingerprint density at radius 1 is 1.24 bits per heavy atom. The van der Waals surface area contributed by atoms with Crippen molar-refractivity contribution in [3.05, 3.63) is 106 Å². The van der Waals surface area contributed by atoms with E-state index in [1.807, 2.05) is 31.4 Å². The van der Waals surface area contributed by atoms with Crippen molar-refractivity contribution < 1.29 is 28.8 Å². The summed E-state index contributed by atoms with van der Waals surface area (Å²) in [6.07, 6.45) is 1.62. The summed E-state index contributed by atoms with van der Waals surface area (Å²) in [7, 11) is 0. The predicted molar refractivity (Wildman–Crippen MR) is 158 cm³/mol. The largest absolute Gasteiger partial charge is 0.481 e. The molecule has 5 rings (SSSR count). The molecule has 0 amide bonds. The molecule has 1 aromatic carbocycles. The molecule has 13 heteroatoms. The van der Waals surface area contributed by atoms with Gasteiger partial charge in [-0.2, -0.15) is 0 Å². The molecule has 0 fully saturated rings. The van der Waals surface area contributed by atoms with Crippen LogP contribution < -0.4 is 14.9 Å². The minimum Gasteiger partial charge on any atom is -0.481 e. The summed E-state index contributed by atoms with van der Waals surface area (Å²) in [6.45, 7) is 7.02. The molecule has 11 nitrogen and oxygen atoms in total. The smallest absolute Gasteiger partial charge is 0.338 e. The van der Waals surface area contributed by atoms with Crippen LogP contribution in [0.3, 0.4) is 0 Å². The van der Waals surface area contributed by atoms with Gasteiger partial charge in [0.2, 0.25) is 0 Å². The van der Waals surface area contributed by atoms with Crippen LogP contribution in [0.5, 0.6) is 0 Å². The zero-order valence-corrected chi connectivity index (χ0v) is 24.7. The molecule has 1 N–H and O–H groups in total. The van der Waals surface area contributed by atoms with E-state index in [0.717, 1.165) is 11.8 Å². The fraction of sp³-hybridized carbons (Fsp3) is 0.241. The summed E-state index contributed by atoms with van der Waals surface area (Å²) >= 11 is 2.65. The summed E-state index contributed by atoms with van der Waals surface area (Å²) in [5.41, 5.74) is 1.06. The first kappa shape index (κ1) is 30.3. The first-order valence-corrected chi connectivity index (χ1v) is 14.4. The van der Waals surface area contributed by atoms with Crippen molar-refractivity contribution in [3.63, 3.8) is 0 Å². The lowest BCUT2D eigenvalue weighted by Gasteiger charge is -2.23. The van der Waals surface area contributed by atoms with Crippen LogP contribution >= 0.6 is 22.7 Å². The van der Waals surface area contributed by atoms with E-state index in [1.54, 1.807) is 37.3 Å². The molecule has 3 aromatic heterocycles. The fourth-order valence-electron chi connectivity index (χ4n) is 4.11. The number of hydrogen-bond acceptors (Lipinski definition) is 10. The number of rotatable bonds is 7. The summed E-state index contributed by atoms with van der Waals surface area (Å²) in [4.78, 5) is 52.3. The van der Waals surface area contributed by atoms with Gasteiger partial charge in [0.05, 0.1) is 27.3 Å². The monoisotopic (exact) mass is 609 g/mol. The second kappa shape index (κ2) is 12.9. The maximum atomic E-state index is 13.7. The lowest BCUT2D eigenvalue weighted by atomic mass is 10.0. The number of ether oxygens (including phenoxy) is 1. The van der Waals surface area contributed by atoms with Crippen molar-refractivity contribution in [2.24, 2.45) is 10.9 Å². The Labute approximate surface area is 247 Å². The summed E-state index contributed by atoms with van der Waals surface area (Å²) in [6, 6.07) is 12.7. The summed E-state index contributed by atoms with van der Waals surface area (Å²) < 4.78 is 13.4. The van der Waals surface area contributed by atoms with Crippen molar-refractivity contribution in [1.29, 1.82) is 0 Å². The molecule has 0 radical (unpaired) electrons. The highest BCUT2D eigenvalue weighted by Gasteiger charge is 2.34. The van der Waals surface area contributed by atoms with Crippen LogP contribution in [-0.4, -0.2) is 33.1 Å². The average Bonchev–Trinajstić information content (AvgIpc) is 3.68. The first-order chi connectivity index (χ1) is 20.0. The normalized spacial score (nSPS) is 14.6. The van der Waals surface area contributed by atoms with Crippen LogP contribution in [0.25, 0.3) is 17.4 Å². The molecule has 0 bridgehead atoms. The minimum atomic E-state index is -0.833. The number of thiophene rings is 1. The molecule has 0 saturated heterocycles. The molecule has 4 aromatic rings. The summed E-state index contributed by atoms with van der Waals surface area (Å²) in [5, 5.41) is 20.4. The number of carboxylic acids is 1. The van der Waals surface area contributed by atoms with Gasteiger partial charge in [0.15, 0.2) is 4.80 Å². The van der Waals surface area contributed by atoms with Crippen molar-refractivity contribution in [3.8, 4) is 11.3 Å². The van der Waals surface area contributed by atoms with E-state index in [2.05, 4.69) is 4.99 Å². The number of carboxylic acid groups (broad SMARTS) is 1. The van der Waals surface area contributed by atoms with Gasteiger partial charge in [0.25, 0.3) is 17.2 Å². The van der Waals surface area contributed by atoms with Gasteiger partial charge < -0.3 is 14.3 Å². The number of carbonyl (C=O) groups is 2. The maximum absolute atomic E-state index is 13.7. The summed E-state index contributed by atoms with van der Waals surface area (Å²) in [5.74, 6) is -0.298. The van der Waals surface area contributed by atoms with Crippen molar-refractivity contribution in [2.45, 2.75) is 33.7 Å². The van der Waals surface area contributed by atoms with E-state index in [1.165, 1.54) is 39.4 Å². The number of carbonyl (C=O) groups excluding carboxylic acids is 1. The van der Waals surface area contributed by atoms with Crippen LogP contribution in [0.1, 0.15) is 44.4 Å². The second-order valence-corrected chi connectivity index (χ2v) is 11.6. The SMILES string of the molecule is CC(=O)O.CC1=C(C(=O)OCC(C)C)C(c2cccs2)n2c(sc(=Cc3ccc(-c4cccc([N+](=O)[O-])c4)o3)c2=O)=N1. The van der Waals surface area contributed by atoms with Crippen LogP contribution in [0.15, 0.2) is 79.4 Å². The van der Waals surface area contributed by atoms with Crippen LogP contribution in [0, 0.1) is 16.0 Å². The van der Waals surface area contributed by atoms with Gasteiger partial charge in [0, 0.05) is 35.6 Å². The number of nitro groups is 1. The Balaban J connectivity index is 0.000000952. The molecule has 1 unspecified atom stereocenters.